The van der Waals surface area contributed by atoms with E-state index < -0.39 is 10.9 Å². The molecule has 0 radical (unpaired) electrons. The first kappa shape index (κ1) is 14.7. The second-order valence-corrected chi connectivity index (χ2v) is 4.59. The number of hydrogen-bond acceptors (Lipinski definition) is 5. The van der Waals surface area contributed by atoms with Gasteiger partial charge in [0.2, 0.25) is 5.82 Å². The smallest absolute Gasteiger partial charge is 0.354 e. The van der Waals surface area contributed by atoms with Gasteiger partial charge in [-0.15, -0.1) is 0 Å². The number of benzene rings is 1. The van der Waals surface area contributed by atoms with E-state index >= 15 is 0 Å². The number of nitrogens with zero attached hydrogens (tertiary/aromatic N) is 2. The van der Waals surface area contributed by atoms with Gasteiger partial charge in [0.1, 0.15) is 0 Å². The van der Waals surface area contributed by atoms with Crippen LogP contribution >= 0.6 is 11.6 Å². The van der Waals surface area contributed by atoms with Crippen molar-refractivity contribution in [3.05, 3.63) is 56.7 Å². The van der Waals surface area contributed by atoms with Crippen molar-refractivity contribution in [1.82, 2.24) is 4.98 Å². The number of aryl methyl sites for hydroxylation is 1. The van der Waals surface area contributed by atoms with Gasteiger partial charge in [0, 0.05) is 6.07 Å². The Morgan fingerprint density at radius 3 is 2.67 bits per heavy atom. The fourth-order valence-electron chi connectivity index (χ4n) is 1.72. The van der Waals surface area contributed by atoms with Crippen molar-refractivity contribution in [2.75, 3.05) is 5.32 Å². The molecule has 0 unspecified atom stereocenters. The highest BCUT2D eigenvalue weighted by Crippen LogP contribution is 2.32. The number of aromatic nitrogens is 1. The van der Waals surface area contributed by atoms with Crippen LogP contribution in [0.3, 0.4) is 0 Å². The summed E-state index contributed by atoms with van der Waals surface area (Å²) in [6, 6.07) is 7.28. The number of halogens is 1. The van der Waals surface area contributed by atoms with Crippen LogP contribution in [0, 0.1) is 17.0 Å². The van der Waals surface area contributed by atoms with E-state index in [9.17, 15) is 14.9 Å². The van der Waals surface area contributed by atoms with E-state index in [-0.39, 0.29) is 17.2 Å². The fraction of sp³-hybridized carbons (Fsp3) is 0.0769. The number of rotatable bonds is 4. The Balaban J connectivity index is 2.53. The van der Waals surface area contributed by atoms with Crippen LogP contribution in [0.15, 0.2) is 30.3 Å². The number of aromatic carboxylic acids is 1. The Bertz CT molecular complexity index is 713. The van der Waals surface area contributed by atoms with E-state index in [4.69, 9.17) is 16.7 Å². The highest BCUT2D eigenvalue weighted by Gasteiger charge is 2.19. The number of carboxylic acids is 1. The summed E-state index contributed by atoms with van der Waals surface area (Å²) in [7, 11) is 0. The molecule has 1 aromatic heterocycles. The van der Waals surface area contributed by atoms with Crippen molar-refractivity contribution in [3.63, 3.8) is 0 Å². The summed E-state index contributed by atoms with van der Waals surface area (Å²) < 4.78 is 0. The number of pyridine rings is 1. The molecule has 0 saturated heterocycles. The first-order valence-electron chi connectivity index (χ1n) is 5.81. The molecule has 0 atom stereocenters. The second kappa shape index (κ2) is 5.76. The normalized spacial score (nSPS) is 10.2. The molecule has 0 aliphatic heterocycles. The summed E-state index contributed by atoms with van der Waals surface area (Å²) in [6.07, 6.45) is 0. The Labute approximate surface area is 124 Å². The molecule has 2 rings (SSSR count). The maximum absolute atomic E-state index is 11.0. The first-order chi connectivity index (χ1) is 9.90. The zero-order valence-corrected chi connectivity index (χ0v) is 11.6. The van der Waals surface area contributed by atoms with E-state index in [2.05, 4.69) is 10.3 Å². The van der Waals surface area contributed by atoms with Crippen LogP contribution in [-0.4, -0.2) is 21.0 Å². The van der Waals surface area contributed by atoms with Gasteiger partial charge in [-0.2, -0.15) is 0 Å². The molecule has 2 N–H and O–H groups in total. The van der Waals surface area contributed by atoms with Crippen LogP contribution in [0.25, 0.3) is 0 Å². The summed E-state index contributed by atoms with van der Waals surface area (Å²) >= 11 is 6.04. The SMILES string of the molecule is Cc1cccc(Cl)c1Nc1nc(C(=O)O)ccc1[N+](=O)[O-]. The Morgan fingerprint density at radius 1 is 1.38 bits per heavy atom. The molecule has 0 aliphatic rings. The zero-order valence-electron chi connectivity index (χ0n) is 10.8. The van der Waals surface area contributed by atoms with Crippen LogP contribution in [0.5, 0.6) is 0 Å². The molecule has 0 fully saturated rings. The van der Waals surface area contributed by atoms with Crippen LogP contribution in [-0.2, 0) is 0 Å². The van der Waals surface area contributed by atoms with Crippen molar-refractivity contribution in [2.24, 2.45) is 0 Å². The molecule has 0 amide bonds. The Morgan fingerprint density at radius 2 is 2.10 bits per heavy atom. The van der Waals surface area contributed by atoms with E-state index in [1.165, 1.54) is 0 Å². The van der Waals surface area contributed by atoms with Gasteiger partial charge in [0.25, 0.3) is 0 Å². The summed E-state index contributed by atoms with van der Waals surface area (Å²) in [6.45, 7) is 1.76. The molecule has 21 heavy (non-hydrogen) atoms. The topological polar surface area (TPSA) is 105 Å². The Hall–Kier alpha value is -2.67. The van der Waals surface area contributed by atoms with Crippen LogP contribution < -0.4 is 5.32 Å². The highest BCUT2D eigenvalue weighted by molar-refractivity contribution is 6.33. The van der Waals surface area contributed by atoms with Gasteiger partial charge in [0.05, 0.1) is 15.6 Å². The summed E-state index contributed by atoms with van der Waals surface area (Å²) in [5.74, 6) is -1.44. The van der Waals surface area contributed by atoms with Gasteiger partial charge in [-0.3, -0.25) is 10.1 Å². The van der Waals surface area contributed by atoms with Crippen molar-refractivity contribution in [1.29, 1.82) is 0 Å². The lowest BCUT2D eigenvalue weighted by molar-refractivity contribution is -0.384. The third-order valence-corrected chi connectivity index (χ3v) is 3.07. The van der Waals surface area contributed by atoms with Crippen LogP contribution in [0.2, 0.25) is 5.02 Å². The quantitative estimate of drug-likeness (QED) is 0.662. The standard InChI is InChI=1S/C13H10ClN3O4/c1-7-3-2-4-8(14)11(7)16-12-10(17(20)21)6-5-9(15-12)13(18)19/h2-6H,1H3,(H,15,16)(H,18,19). The first-order valence-corrected chi connectivity index (χ1v) is 6.19. The fourth-order valence-corrected chi connectivity index (χ4v) is 1.99. The lowest BCUT2D eigenvalue weighted by atomic mass is 10.2. The number of para-hydroxylation sites is 1. The summed E-state index contributed by atoms with van der Waals surface area (Å²) in [4.78, 5) is 25.1. The van der Waals surface area contributed by atoms with Gasteiger partial charge in [-0.05, 0) is 24.6 Å². The second-order valence-electron chi connectivity index (χ2n) is 4.18. The van der Waals surface area contributed by atoms with Crippen LogP contribution in [0.1, 0.15) is 16.1 Å². The third-order valence-electron chi connectivity index (χ3n) is 2.76. The highest BCUT2D eigenvalue weighted by atomic mass is 35.5. The van der Waals surface area contributed by atoms with Gasteiger partial charge in [-0.1, -0.05) is 23.7 Å². The molecule has 108 valence electrons. The minimum absolute atomic E-state index is 0.170. The van der Waals surface area contributed by atoms with Gasteiger partial charge in [-0.25, -0.2) is 9.78 Å². The van der Waals surface area contributed by atoms with Crippen LogP contribution in [0.4, 0.5) is 17.2 Å². The average Bonchev–Trinajstić information content (AvgIpc) is 2.42. The van der Waals surface area contributed by atoms with Crippen molar-refractivity contribution < 1.29 is 14.8 Å². The predicted molar refractivity (Wildman–Crippen MR) is 77.3 cm³/mol. The predicted octanol–water partition coefficient (Wildman–Crippen LogP) is 3.39. The minimum atomic E-state index is -1.27. The monoisotopic (exact) mass is 307 g/mol. The molecule has 0 spiro atoms. The minimum Gasteiger partial charge on any atom is -0.477 e. The average molecular weight is 308 g/mol. The molecule has 0 bridgehead atoms. The van der Waals surface area contributed by atoms with Crippen molar-refractivity contribution in [2.45, 2.75) is 6.92 Å². The zero-order chi connectivity index (χ0) is 15.6. The van der Waals surface area contributed by atoms with E-state index in [1.807, 2.05) is 0 Å². The molecular formula is C13H10ClN3O4. The van der Waals surface area contributed by atoms with E-state index in [1.54, 1.807) is 25.1 Å². The van der Waals surface area contributed by atoms with E-state index in [0.29, 0.717) is 10.7 Å². The number of anilines is 2. The molecule has 8 heteroatoms. The van der Waals surface area contributed by atoms with Gasteiger partial charge < -0.3 is 10.4 Å². The molecular weight excluding hydrogens is 298 g/mol. The van der Waals surface area contributed by atoms with Gasteiger partial charge >= 0.3 is 11.7 Å². The molecule has 1 aromatic carbocycles. The maximum Gasteiger partial charge on any atom is 0.354 e. The largest absolute Gasteiger partial charge is 0.477 e. The van der Waals surface area contributed by atoms with E-state index in [0.717, 1.165) is 17.7 Å². The molecule has 7 nitrogen and oxygen atoms in total. The Kier molecular flexibility index (Phi) is 4.04. The number of carbonyl (C=O) groups is 1. The number of carboxylic acid groups (broad SMARTS) is 1. The van der Waals surface area contributed by atoms with Crippen molar-refractivity contribution in [3.8, 4) is 0 Å². The lowest BCUT2D eigenvalue weighted by Crippen LogP contribution is -2.06. The van der Waals surface area contributed by atoms with Gasteiger partial charge in [0.15, 0.2) is 5.69 Å². The molecule has 2 aromatic rings. The maximum atomic E-state index is 11.0. The molecule has 0 saturated carbocycles. The number of hydrogen-bond donors (Lipinski definition) is 2. The summed E-state index contributed by atoms with van der Waals surface area (Å²) in [5.41, 5.74) is 0.559. The third kappa shape index (κ3) is 3.09. The molecule has 1 heterocycles. The number of nitrogens with one attached hydrogen (secondary N) is 1. The van der Waals surface area contributed by atoms with Crippen molar-refractivity contribution >= 4 is 34.8 Å². The molecule has 0 aliphatic carbocycles. The lowest BCUT2D eigenvalue weighted by Gasteiger charge is -2.11. The summed E-state index contributed by atoms with van der Waals surface area (Å²) in [5, 5.41) is 23.0. The number of nitro groups is 1.